The quantitative estimate of drug-likeness (QED) is 0.497. The molecule has 1 aromatic carbocycles. The molecular weight excluding hydrogens is 397 g/mol. The molecule has 134 valence electrons. The van der Waals surface area contributed by atoms with E-state index in [9.17, 15) is 14.0 Å². The summed E-state index contributed by atoms with van der Waals surface area (Å²) in [5, 5.41) is 11.5. The fraction of sp³-hybridized carbons (Fsp3) is 0.250. The second kappa shape index (κ2) is 8.24. The molecule has 0 saturated heterocycles. The van der Waals surface area contributed by atoms with Crippen LogP contribution in [0.5, 0.6) is 0 Å². The highest BCUT2D eigenvalue weighted by Crippen LogP contribution is 2.25. The molecule has 0 aliphatic carbocycles. The van der Waals surface area contributed by atoms with Crippen molar-refractivity contribution in [3.8, 4) is 0 Å². The number of aromatic nitrogens is 1. The number of pyridine rings is 1. The summed E-state index contributed by atoms with van der Waals surface area (Å²) in [4.78, 5) is 29.3. The topological polar surface area (TPSA) is 92.6 Å². The molecule has 1 heterocycles. The van der Waals surface area contributed by atoms with Crippen molar-refractivity contribution in [1.29, 1.82) is 0 Å². The first-order chi connectivity index (χ1) is 11.8. The van der Waals surface area contributed by atoms with Gasteiger partial charge in [-0.05, 0) is 31.2 Å². The second-order valence-electron chi connectivity index (χ2n) is 5.21. The van der Waals surface area contributed by atoms with E-state index < -0.39 is 11.7 Å². The lowest BCUT2D eigenvalue weighted by Gasteiger charge is -2.17. The molecule has 0 fully saturated rings. The first kappa shape index (κ1) is 19.1. The number of amides is 1. The summed E-state index contributed by atoms with van der Waals surface area (Å²) in [6.45, 7) is 1.22. The van der Waals surface area contributed by atoms with Gasteiger partial charge in [0.2, 0.25) is 0 Å². The molecule has 9 heteroatoms. The van der Waals surface area contributed by atoms with Crippen molar-refractivity contribution in [2.24, 2.45) is 7.05 Å². The van der Waals surface area contributed by atoms with Gasteiger partial charge in [0, 0.05) is 17.1 Å². The van der Waals surface area contributed by atoms with Crippen molar-refractivity contribution in [3.63, 3.8) is 0 Å². The van der Waals surface area contributed by atoms with Gasteiger partial charge in [0.1, 0.15) is 11.6 Å². The zero-order valence-electron chi connectivity index (χ0n) is 13.6. The number of carbonyl (C=O) groups excluding carboxylic acids is 1. The minimum Gasteiger partial charge on any atom is -0.394 e. The first-order valence-electron chi connectivity index (χ1n) is 7.31. The van der Waals surface area contributed by atoms with E-state index in [-0.39, 0.29) is 35.8 Å². The Bertz CT molecular complexity index is 854. The molecule has 0 saturated carbocycles. The van der Waals surface area contributed by atoms with Crippen molar-refractivity contribution < 1.29 is 19.1 Å². The maximum Gasteiger partial charge on any atom is 0.278 e. The van der Waals surface area contributed by atoms with Crippen LogP contribution in [-0.4, -0.2) is 28.8 Å². The number of hydroxylamine groups is 1. The summed E-state index contributed by atoms with van der Waals surface area (Å²) in [6, 6.07) is 5.76. The highest BCUT2D eigenvalue weighted by molar-refractivity contribution is 9.10. The van der Waals surface area contributed by atoms with Crippen LogP contribution in [-0.2, 0) is 11.9 Å². The van der Waals surface area contributed by atoms with Gasteiger partial charge in [0.15, 0.2) is 0 Å². The van der Waals surface area contributed by atoms with Crippen molar-refractivity contribution in [1.82, 2.24) is 10.0 Å². The van der Waals surface area contributed by atoms with Crippen LogP contribution >= 0.6 is 15.9 Å². The molecule has 0 bridgehead atoms. The highest BCUT2D eigenvalue weighted by Gasteiger charge is 2.18. The number of anilines is 2. The fourth-order valence-corrected chi connectivity index (χ4v) is 2.49. The minimum atomic E-state index is -0.632. The molecule has 0 unspecified atom stereocenters. The highest BCUT2D eigenvalue weighted by atomic mass is 79.9. The van der Waals surface area contributed by atoms with Crippen LogP contribution in [0.4, 0.5) is 15.9 Å². The molecule has 0 aliphatic heterocycles. The predicted octanol–water partition coefficient (Wildman–Crippen LogP) is 1.99. The van der Waals surface area contributed by atoms with Gasteiger partial charge in [-0.1, -0.05) is 15.9 Å². The van der Waals surface area contributed by atoms with Gasteiger partial charge < -0.3 is 10.4 Å². The Morgan fingerprint density at radius 1 is 1.40 bits per heavy atom. The van der Waals surface area contributed by atoms with Gasteiger partial charge in [-0.25, -0.2) is 9.87 Å². The van der Waals surface area contributed by atoms with Crippen LogP contribution in [0, 0.1) is 12.7 Å². The second-order valence-corrected chi connectivity index (χ2v) is 6.12. The Morgan fingerprint density at radius 2 is 2.12 bits per heavy atom. The average Bonchev–Trinajstić information content (AvgIpc) is 2.57. The first-order valence-corrected chi connectivity index (χ1v) is 8.10. The molecule has 0 aliphatic rings. The molecule has 3 N–H and O–H groups in total. The molecule has 2 rings (SSSR count). The molecular formula is C16H17BrFN3O4. The van der Waals surface area contributed by atoms with Gasteiger partial charge in [-0.15, -0.1) is 0 Å². The fourth-order valence-electron chi connectivity index (χ4n) is 2.15. The molecule has 25 heavy (non-hydrogen) atoms. The third kappa shape index (κ3) is 4.44. The molecule has 1 aromatic heterocycles. The van der Waals surface area contributed by atoms with Crippen LogP contribution < -0.4 is 16.4 Å². The Hall–Kier alpha value is -2.23. The van der Waals surface area contributed by atoms with Gasteiger partial charge in [-0.2, -0.15) is 0 Å². The Kier molecular flexibility index (Phi) is 6.29. The van der Waals surface area contributed by atoms with Crippen LogP contribution in [0.3, 0.4) is 0 Å². The van der Waals surface area contributed by atoms with Crippen LogP contribution in [0.2, 0.25) is 0 Å². The van der Waals surface area contributed by atoms with E-state index in [1.807, 2.05) is 0 Å². The Balaban J connectivity index is 2.45. The number of halogens is 2. The number of aliphatic hydroxyl groups is 1. The standard InChI is InChI=1S/C16H17BrFN3O4/c1-9-7-11(15(23)20-25-6-5-22)14(21(2)16(9)24)19-13-4-3-10(17)8-12(13)18/h3-4,7-8,19,22H,5-6H2,1-2H3,(H,20,23). The van der Waals surface area contributed by atoms with Crippen molar-refractivity contribution in [2.75, 3.05) is 18.5 Å². The Labute approximate surface area is 151 Å². The summed E-state index contributed by atoms with van der Waals surface area (Å²) < 4.78 is 15.9. The third-order valence-corrected chi connectivity index (χ3v) is 3.87. The van der Waals surface area contributed by atoms with E-state index in [1.54, 1.807) is 13.0 Å². The van der Waals surface area contributed by atoms with E-state index in [0.717, 1.165) is 0 Å². The zero-order valence-corrected chi connectivity index (χ0v) is 15.2. The van der Waals surface area contributed by atoms with Crippen molar-refractivity contribution in [3.05, 3.63) is 56.0 Å². The number of nitrogens with one attached hydrogen (secondary N) is 2. The monoisotopic (exact) mass is 413 g/mol. The van der Waals surface area contributed by atoms with E-state index in [4.69, 9.17) is 9.94 Å². The SMILES string of the molecule is Cc1cc(C(=O)NOCCO)c(Nc2ccc(Br)cc2F)n(C)c1=O. The normalized spacial score (nSPS) is 10.6. The lowest BCUT2D eigenvalue weighted by Crippen LogP contribution is -2.30. The molecule has 0 radical (unpaired) electrons. The minimum absolute atomic E-state index is 0.0827. The van der Waals surface area contributed by atoms with Crippen LogP contribution in [0.1, 0.15) is 15.9 Å². The smallest absolute Gasteiger partial charge is 0.278 e. The van der Waals surface area contributed by atoms with Gasteiger partial charge >= 0.3 is 0 Å². The number of benzene rings is 1. The molecule has 7 nitrogen and oxygen atoms in total. The maximum absolute atomic E-state index is 14.1. The van der Waals surface area contributed by atoms with E-state index >= 15 is 0 Å². The number of carbonyl (C=O) groups is 1. The third-order valence-electron chi connectivity index (χ3n) is 3.38. The Morgan fingerprint density at radius 3 is 2.76 bits per heavy atom. The van der Waals surface area contributed by atoms with Crippen LogP contribution in [0.15, 0.2) is 33.5 Å². The number of aryl methyl sites for hydroxylation is 1. The molecule has 0 spiro atoms. The number of nitrogens with zero attached hydrogens (tertiary/aromatic N) is 1. The van der Waals surface area contributed by atoms with E-state index in [2.05, 4.69) is 26.7 Å². The van der Waals surface area contributed by atoms with E-state index in [1.165, 1.54) is 29.8 Å². The number of hydrogen-bond donors (Lipinski definition) is 3. The van der Waals surface area contributed by atoms with Gasteiger partial charge in [-0.3, -0.25) is 19.0 Å². The molecule has 2 aromatic rings. The van der Waals surface area contributed by atoms with E-state index in [0.29, 0.717) is 10.0 Å². The average molecular weight is 414 g/mol. The number of aliphatic hydroxyl groups excluding tert-OH is 1. The lowest BCUT2D eigenvalue weighted by atomic mass is 10.1. The maximum atomic E-state index is 14.1. The van der Waals surface area contributed by atoms with Gasteiger partial charge in [0.25, 0.3) is 11.5 Å². The van der Waals surface area contributed by atoms with Gasteiger partial charge in [0.05, 0.1) is 24.5 Å². The summed E-state index contributed by atoms with van der Waals surface area (Å²) >= 11 is 3.17. The summed E-state index contributed by atoms with van der Waals surface area (Å²) in [7, 11) is 1.47. The number of hydrogen-bond acceptors (Lipinski definition) is 5. The molecule has 0 atom stereocenters. The predicted molar refractivity (Wildman–Crippen MR) is 94.3 cm³/mol. The van der Waals surface area contributed by atoms with Crippen LogP contribution in [0.25, 0.3) is 0 Å². The summed E-state index contributed by atoms with van der Waals surface area (Å²) in [5.41, 5.74) is 2.39. The molecule has 1 amide bonds. The van der Waals surface area contributed by atoms with Crippen molar-refractivity contribution in [2.45, 2.75) is 6.92 Å². The van der Waals surface area contributed by atoms with Crippen molar-refractivity contribution >= 4 is 33.3 Å². The summed E-state index contributed by atoms with van der Waals surface area (Å²) in [5.74, 6) is -1.07. The largest absolute Gasteiger partial charge is 0.394 e. The number of rotatable bonds is 6. The zero-order chi connectivity index (χ0) is 18.6. The lowest BCUT2D eigenvalue weighted by molar-refractivity contribution is 0.0168. The summed E-state index contributed by atoms with van der Waals surface area (Å²) in [6.07, 6.45) is 0.